The molecule has 0 radical (unpaired) electrons. The summed E-state index contributed by atoms with van der Waals surface area (Å²) in [5.74, 6) is 1.34. The zero-order valence-corrected chi connectivity index (χ0v) is 17.8. The lowest BCUT2D eigenvalue weighted by Gasteiger charge is -2.10. The van der Waals surface area contributed by atoms with Gasteiger partial charge in [0, 0.05) is 18.3 Å². The number of aryl methyl sites for hydroxylation is 1. The average molecular weight is 416 g/mol. The SMILES string of the molecule is C[n+]1cccc(-c2ccc(-c3ccccc3)cc2)c1-c1cccc(Oc2ccccn2)c1. The summed E-state index contributed by atoms with van der Waals surface area (Å²) in [4.78, 5) is 4.26. The first-order valence-electron chi connectivity index (χ1n) is 10.6. The number of hydrogen-bond acceptors (Lipinski definition) is 2. The quantitative estimate of drug-likeness (QED) is 0.299. The summed E-state index contributed by atoms with van der Waals surface area (Å²) in [5, 5.41) is 0. The van der Waals surface area contributed by atoms with Crippen LogP contribution in [0.4, 0.5) is 0 Å². The van der Waals surface area contributed by atoms with Crippen molar-refractivity contribution in [2.45, 2.75) is 0 Å². The van der Waals surface area contributed by atoms with E-state index in [1.165, 1.54) is 22.3 Å². The predicted molar refractivity (Wildman–Crippen MR) is 128 cm³/mol. The van der Waals surface area contributed by atoms with Gasteiger partial charge in [-0.25, -0.2) is 9.55 Å². The average Bonchev–Trinajstić information content (AvgIpc) is 2.85. The summed E-state index contributed by atoms with van der Waals surface area (Å²) in [5.41, 5.74) is 6.99. The fourth-order valence-electron chi connectivity index (χ4n) is 3.91. The maximum atomic E-state index is 5.97. The lowest BCUT2D eigenvalue weighted by Crippen LogP contribution is -2.30. The first kappa shape index (κ1) is 19.7. The molecule has 3 aromatic carbocycles. The second kappa shape index (κ2) is 8.86. The summed E-state index contributed by atoms with van der Waals surface area (Å²) in [7, 11) is 2.07. The van der Waals surface area contributed by atoms with E-state index in [1.807, 2.05) is 36.4 Å². The molecule has 2 aromatic heterocycles. The van der Waals surface area contributed by atoms with Crippen molar-refractivity contribution in [3.8, 4) is 45.1 Å². The third-order valence-corrected chi connectivity index (χ3v) is 5.45. The molecule has 0 atom stereocenters. The molecule has 5 aromatic rings. The van der Waals surface area contributed by atoms with E-state index in [1.54, 1.807) is 6.20 Å². The van der Waals surface area contributed by atoms with Crippen molar-refractivity contribution in [1.82, 2.24) is 4.98 Å². The van der Waals surface area contributed by atoms with Crippen LogP contribution in [0, 0.1) is 0 Å². The highest BCUT2D eigenvalue weighted by molar-refractivity contribution is 5.80. The topological polar surface area (TPSA) is 26.0 Å². The van der Waals surface area contributed by atoms with Crippen molar-refractivity contribution in [1.29, 1.82) is 0 Å². The highest BCUT2D eigenvalue weighted by Crippen LogP contribution is 2.33. The van der Waals surface area contributed by atoms with Gasteiger partial charge in [0.2, 0.25) is 11.6 Å². The van der Waals surface area contributed by atoms with Crippen molar-refractivity contribution >= 4 is 0 Å². The molecule has 0 saturated heterocycles. The highest BCUT2D eigenvalue weighted by Gasteiger charge is 2.18. The Morgan fingerprint density at radius 2 is 1.34 bits per heavy atom. The number of aromatic nitrogens is 2. The van der Waals surface area contributed by atoms with Gasteiger partial charge in [0.1, 0.15) is 12.8 Å². The highest BCUT2D eigenvalue weighted by atomic mass is 16.5. The summed E-state index contributed by atoms with van der Waals surface area (Å²) in [6.07, 6.45) is 3.80. The van der Waals surface area contributed by atoms with Crippen LogP contribution in [0.2, 0.25) is 0 Å². The van der Waals surface area contributed by atoms with E-state index in [9.17, 15) is 0 Å². The Morgan fingerprint density at radius 1 is 0.625 bits per heavy atom. The predicted octanol–water partition coefficient (Wildman–Crippen LogP) is 6.70. The van der Waals surface area contributed by atoms with E-state index < -0.39 is 0 Å². The van der Waals surface area contributed by atoms with Crippen molar-refractivity contribution < 1.29 is 9.30 Å². The maximum absolute atomic E-state index is 5.97. The van der Waals surface area contributed by atoms with Gasteiger partial charge in [0.05, 0.1) is 11.1 Å². The zero-order valence-electron chi connectivity index (χ0n) is 17.8. The van der Waals surface area contributed by atoms with E-state index in [4.69, 9.17) is 4.74 Å². The normalized spacial score (nSPS) is 10.7. The third-order valence-electron chi connectivity index (χ3n) is 5.45. The van der Waals surface area contributed by atoms with Gasteiger partial charge >= 0.3 is 0 Å². The standard InChI is InChI=1S/C29H23N2O/c1-31-20-8-13-27(24-17-15-23(16-18-24)22-9-3-2-4-10-22)29(31)25-11-7-12-26(21-25)32-28-14-5-6-19-30-28/h2-21H,1H3/q+1. The minimum atomic E-state index is 0.582. The smallest absolute Gasteiger partial charge is 0.220 e. The largest absolute Gasteiger partial charge is 0.439 e. The molecule has 5 rings (SSSR count). The third kappa shape index (κ3) is 4.14. The number of pyridine rings is 2. The fraction of sp³-hybridized carbons (Fsp3) is 0.0345. The molecule has 0 aliphatic heterocycles. The molecule has 3 heteroatoms. The van der Waals surface area contributed by atoms with Crippen LogP contribution in [0.1, 0.15) is 0 Å². The van der Waals surface area contributed by atoms with Crippen molar-refractivity contribution in [3.63, 3.8) is 0 Å². The summed E-state index contributed by atoms with van der Waals surface area (Å²) in [6, 6.07) is 37.2. The molecule has 0 N–H and O–H groups in total. The van der Waals surface area contributed by atoms with Crippen molar-refractivity contribution in [3.05, 3.63) is 122 Å². The molecular weight excluding hydrogens is 392 g/mol. The van der Waals surface area contributed by atoms with Crippen LogP contribution in [0.3, 0.4) is 0 Å². The Balaban J connectivity index is 1.52. The second-order valence-electron chi connectivity index (χ2n) is 7.62. The molecule has 154 valence electrons. The van der Waals surface area contributed by atoms with E-state index in [0.717, 1.165) is 17.0 Å². The first-order valence-corrected chi connectivity index (χ1v) is 10.6. The van der Waals surface area contributed by atoms with Crippen molar-refractivity contribution in [2.24, 2.45) is 7.05 Å². The minimum Gasteiger partial charge on any atom is -0.439 e. The van der Waals surface area contributed by atoms with Gasteiger partial charge in [-0.15, -0.1) is 0 Å². The number of rotatable bonds is 5. The summed E-state index contributed by atoms with van der Waals surface area (Å²) >= 11 is 0. The van der Waals surface area contributed by atoms with Gasteiger partial charge in [0.25, 0.3) is 0 Å². The molecule has 0 saturated carbocycles. The molecule has 3 nitrogen and oxygen atoms in total. The van der Waals surface area contributed by atoms with Gasteiger partial charge < -0.3 is 4.74 Å². The van der Waals surface area contributed by atoms with Crippen molar-refractivity contribution in [2.75, 3.05) is 0 Å². The second-order valence-corrected chi connectivity index (χ2v) is 7.62. The zero-order chi connectivity index (χ0) is 21.8. The van der Waals surface area contributed by atoms with Gasteiger partial charge in [-0.2, -0.15) is 0 Å². The van der Waals surface area contributed by atoms with Crippen LogP contribution in [0.25, 0.3) is 33.5 Å². The molecule has 0 aliphatic carbocycles. The molecule has 0 spiro atoms. The van der Waals surface area contributed by atoms with E-state index in [2.05, 4.69) is 95.6 Å². The first-order chi connectivity index (χ1) is 15.8. The van der Waals surface area contributed by atoms with E-state index >= 15 is 0 Å². The lowest BCUT2D eigenvalue weighted by atomic mass is 9.96. The molecule has 32 heavy (non-hydrogen) atoms. The van der Waals surface area contributed by atoms with Crippen LogP contribution in [0.15, 0.2) is 122 Å². The molecule has 2 heterocycles. The molecule has 0 aliphatic rings. The Hall–Kier alpha value is -4.24. The molecule has 0 unspecified atom stereocenters. The maximum Gasteiger partial charge on any atom is 0.220 e. The van der Waals surface area contributed by atoms with Crippen LogP contribution in [-0.4, -0.2) is 4.98 Å². The fourth-order valence-corrected chi connectivity index (χ4v) is 3.91. The van der Waals surface area contributed by atoms with Crippen LogP contribution in [0.5, 0.6) is 11.6 Å². The molecule has 0 fully saturated rings. The summed E-state index contributed by atoms with van der Waals surface area (Å²) < 4.78 is 8.12. The Morgan fingerprint density at radius 3 is 2.12 bits per heavy atom. The van der Waals surface area contributed by atoms with Gasteiger partial charge in [-0.05, 0) is 47.0 Å². The number of nitrogens with zero attached hydrogens (tertiary/aromatic N) is 2. The Bertz CT molecular complexity index is 1330. The number of ether oxygens (including phenoxy) is 1. The monoisotopic (exact) mass is 415 g/mol. The molecular formula is C29H23N2O+. The van der Waals surface area contributed by atoms with E-state index in [0.29, 0.717) is 5.88 Å². The van der Waals surface area contributed by atoms with Gasteiger partial charge in [-0.3, -0.25) is 0 Å². The van der Waals surface area contributed by atoms with Crippen LogP contribution < -0.4 is 9.30 Å². The summed E-state index contributed by atoms with van der Waals surface area (Å²) in [6.45, 7) is 0. The Kier molecular flexibility index (Phi) is 5.46. The van der Waals surface area contributed by atoms with E-state index in [-0.39, 0.29) is 0 Å². The Labute approximate surface area is 188 Å². The van der Waals surface area contributed by atoms with Crippen LogP contribution >= 0.6 is 0 Å². The van der Waals surface area contributed by atoms with Gasteiger partial charge in [-0.1, -0.05) is 66.7 Å². The molecule has 0 bridgehead atoms. The number of benzene rings is 3. The number of hydrogen-bond donors (Lipinski definition) is 0. The lowest BCUT2D eigenvalue weighted by molar-refractivity contribution is -0.660. The van der Waals surface area contributed by atoms with Crippen LogP contribution in [-0.2, 0) is 7.05 Å². The minimum absolute atomic E-state index is 0.582. The van der Waals surface area contributed by atoms with Gasteiger partial charge in [0.15, 0.2) is 6.20 Å². The molecule has 0 amide bonds.